The highest BCUT2D eigenvalue weighted by molar-refractivity contribution is 7.99. The second-order valence-electron chi connectivity index (χ2n) is 3.54. The first kappa shape index (κ1) is 11.9. The van der Waals surface area contributed by atoms with Crippen LogP contribution in [0.25, 0.3) is 0 Å². The Balaban J connectivity index is 1.93. The number of aliphatic hydroxyl groups excluding tert-OH is 1. The zero-order chi connectivity index (χ0) is 12.1. The molecule has 0 fully saturated rings. The van der Waals surface area contributed by atoms with Crippen LogP contribution in [0, 0.1) is 0 Å². The summed E-state index contributed by atoms with van der Waals surface area (Å²) in [6.07, 6.45) is 4.42. The van der Waals surface area contributed by atoms with Gasteiger partial charge >= 0.3 is 0 Å². The van der Waals surface area contributed by atoms with Gasteiger partial charge in [0.15, 0.2) is 0 Å². The number of benzene rings is 1. The van der Waals surface area contributed by atoms with E-state index in [1.807, 2.05) is 12.1 Å². The predicted octanol–water partition coefficient (Wildman–Crippen LogP) is 1.88. The number of nitrogen functional groups attached to an aromatic ring is 1. The van der Waals surface area contributed by atoms with E-state index >= 15 is 0 Å². The van der Waals surface area contributed by atoms with Crippen LogP contribution in [0.15, 0.2) is 47.9 Å². The van der Waals surface area contributed by atoms with Gasteiger partial charge in [-0.25, -0.2) is 4.98 Å². The standard InChI is InChI=1S/C12H13N3OS/c13-10-3-1-9(2-4-10)11(16)8-17-12-7-14-5-6-15-12/h1-7,11,16H,8,13H2. The molecule has 0 radical (unpaired) electrons. The summed E-state index contributed by atoms with van der Waals surface area (Å²) >= 11 is 1.47. The molecule has 2 rings (SSSR count). The van der Waals surface area contributed by atoms with Gasteiger partial charge in [0.25, 0.3) is 0 Å². The number of anilines is 1. The number of nitrogens with zero attached hydrogens (tertiary/aromatic N) is 2. The van der Waals surface area contributed by atoms with Gasteiger partial charge in [0, 0.05) is 23.8 Å². The minimum atomic E-state index is -0.525. The fraction of sp³-hybridized carbons (Fsp3) is 0.167. The van der Waals surface area contributed by atoms with Gasteiger partial charge in [0.05, 0.1) is 12.3 Å². The first-order chi connectivity index (χ1) is 8.25. The largest absolute Gasteiger partial charge is 0.399 e. The molecule has 4 nitrogen and oxygen atoms in total. The molecule has 0 saturated heterocycles. The van der Waals surface area contributed by atoms with Gasteiger partial charge in [0.2, 0.25) is 0 Å². The van der Waals surface area contributed by atoms with E-state index in [2.05, 4.69) is 9.97 Å². The zero-order valence-electron chi connectivity index (χ0n) is 9.15. The summed E-state index contributed by atoms with van der Waals surface area (Å²) in [6.45, 7) is 0. The number of thioether (sulfide) groups is 1. The second-order valence-corrected chi connectivity index (χ2v) is 4.58. The molecule has 0 aliphatic rings. The Labute approximate surface area is 104 Å². The molecule has 0 aliphatic heterocycles. The van der Waals surface area contributed by atoms with E-state index in [9.17, 15) is 5.11 Å². The van der Waals surface area contributed by atoms with Crippen LogP contribution in [-0.4, -0.2) is 20.8 Å². The highest BCUT2D eigenvalue weighted by atomic mass is 32.2. The normalized spacial score (nSPS) is 12.3. The Hall–Kier alpha value is -1.59. The van der Waals surface area contributed by atoms with E-state index < -0.39 is 6.10 Å². The third-order valence-electron chi connectivity index (χ3n) is 2.25. The summed E-state index contributed by atoms with van der Waals surface area (Å²) < 4.78 is 0. The molecule has 0 spiro atoms. The molecule has 1 unspecified atom stereocenters. The molecular weight excluding hydrogens is 234 g/mol. The maximum absolute atomic E-state index is 9.96. The summed E-state index contributed by atoms with van der Waals surface area (Å²) in [5.41, 5.74) is 7.14. The Morgan fingerprint density at radius 1 is 1.24 bits per heavy atom. The number of aliphatic hydroxyl groups is 1. The summed E-state index contributed by atoms with van der Waals surface area (Å²) in [5, 5.41) is 10.8. The molecule has 17 heavy (non-hydrogen) atoms. The lowest BCUT2D eigenvalue weighted by Crippen LogP contribution is -2.01. The van der Waals surface area contributed by atoms with Crippen molar-refractivity contribution in [3.8, 4) is 0 Å². The Morgan fingerprint density at radius 3 is 2.65 bits per heavy atom. The summed E-state index contributed by atoms with van der Waals surface area (Å²) in [7, 11) is 0. The first-order valence-corrected chi connectivity index (χ1v) is 6.16. The monoisotopic (exact) mass is 247 g/mol. The lowest BCUT2D eigenvalue weighted by Gasteiger charge is -2.10. The van der Waals surface area contributed by atoms with E-state index in [4.69, 9.17) is 5.73 Å². The highest BCUT2D eigenvalue weighted by Crippen LogP contribution is 2.23. The molecule has 5 heteroatoms. The van der Waals surface area contributed by atoms with E-state index in [1.54, 1.807) is 30.7 Å². The van der Waals surface area contributed by atoms with Gasteiger partial charge in [0.1, 0.15) is 5.03 Å². The van der Waals surface area contributed by atoms with E-state index in [-0.39, 0.29) is 0 Å². The molecule has 1 aromatic heterocycles. The minimum absolute atomic E-state index is 0.525. The van der Waals surface area contributed by atoms with Crippen molar-refractivity contribution < 1.29 is 5.11 Å². The molecule has 0 bridgehead atoms. The number of aromatic nitrogens is 2. The van der Waals surface area contributed by atoms with Crippen LogP contribution in [0.3, 0.4) is 0 Å². The molecule has 1 heterocycles. The van der Waals surface area contributed by atoms with Crippen LogP contribution in [0.4, 0.5) is 5.69 Å². The molecule has 3 N–H and O–H groups in total. The highest BCUT2D eigenvalue weighted by Gasteiger charge is 2.08. The van der Waals surface area contributed by atoms with Crippen molar-refractivity contribution in [3.63, 3.8) is 0 Å². The molecule has 1 atom stereocenters. The number of hydrogen-bond acceptors (Lipinski definition) is 5. The Bertz CT molecular complexity index is 461. The summed E-state index contributed by atoms with van der Waals surface area (Å²) in [4.78, 5) is 8.09. The maximum atomic E-state index is 9.96. The van der Waals surface area contributed by atoms with Gasteiger partial charge in [-0.2, -0.15) is 0 Å². The molecule has 0 amide bonds. The molecular formula is C12H13N3OS. The predicted molar refractivity (Wildman–Crippen MR) is 68.6 cm³/mol. The van der Waals surface area contributed by atoms with Crippen LogP contribution in [-0.2, 0) is 0 Å². The van der Waals surface area contributed by atoms with Crippen molar-refractivity contribution >= 4 is 17.4 Å². The second kappa shape index (κ2) is 5.65. The van der Waals surface area contributed by atoms with Crippen LogP contribution in [0.2, 0.25) is 0 Å². The number of hydrogen-bond donors (Lipinski definition) is 2. The van der Waals surface area contributed by atoms with Crippen molar-refractivity contribution in [2.45, 2.75) is 11.1 Å². The average Bonchev–Trinajstić information content (AvgIpc) is 2.38. The van der Waals surface area contributed by atoms with Crippen molar-refractivity contribution in [3.05, 3.63) is 48.4 Å². The quantitative estimate of drug-likeness (QED) is 0.637. The number of rotatable bonds is 4. The van der Waals surface area contributed by atoms with Gasteiger partial charge in [-0.15, -0.1) is 11.8 Å². The van der Waals surface area contributed by atoms with Crippen molar-refractivity contribution in [2.75, 3.05) is 11.5 Å². The van der Waals surface area contributed by atoms with E-state index in [0.717, 1.165) is 10.6 Å². The van der Waals surface area contributed by atoms with Gasteiger partial charge in [-0.1, -0.05) is 12.1 Å². The molecule has 0 saturated carbocycles. The molecule has 88 valence electrons. The fourth-order valence-electron chi connectivity index (χ4n) is 1.34. The topological polar surface area (TPSA) is 72.0 Å². The van der Waals surface area contributed by atoms with Crippen molar-refractivity contribution in [1.29, 1.82) is 0 Å². The lowest BCUT2D eigenvalue weighted by atomic mass is 10.1. The van der Waals surface area contributed by atoms with Crippen LogP contribution < -0.4 is 5.73 Å². The van der Waals surface area contributed by atoms with Gasteiger partial charge in [-0.3, -0.25) is 4.98 Å². The van der Waals surface area contributed by atoms with Gasteiger partial charge in [-0.05, 0) is 17.7 Å². The van der Waals surface area contributed by atoms with E-state index in [1.165, 1.54) is 11.8 Å². The third kappa shape index (κ3) is 3.44. The van der Waals surface area contributed by atoms with E-state index in [0.29, 0.717) is 11.4 Å². The maximum Gasteiger partial charge on any atom is 0.114 e. The molecule has 1 aromatic carbocycles. The van der Waals surface area contributed by atoms with Crippen LogP contribution in [0.5, 0.6) is 0 Å². The fourth-order valence-corrected chi connectivity index (χ4v) is 2.13. The first-order valence-electron chi connectivity index (χ1n) is 5.18. The lowest BCUT2D eigenvalue weighted by molar-refractivity contribution is 0.204. The molecule has 0 aliphatic carbocycles. The van der Waals surface area contributed by atoms with Gasteiger partial charge < -0.3 is 10.8 Å². The average molecular weight is 247 g/mol. The SMILES string of the molecule is Nc1ccc(C(O)CSc2cnccn2)cc1. The van der Waals surface area contributed by atoms with Crippen molar-refractivity contribution in [1.82, 2.24) is 9.97 Å². The Kier molecular flexibility index (Phi) is 3.95. The summed E-state index contributed by atoms with van der Waals surface area (Å²) in [6, 6.07) is 7.23. The third-order valence-corrected chi connectivity index (χ3v) is 3.24. The zero-order valence-corrected chi connectivity index (χ0v) is 9.97. The minimum Gasteiger partial charge on any atom is -0.399 e. The number of nitrogens with two attached hydrogens (primary N) is 1. The van der Waals surface area contributed by atoms with Crippen molar-refractivity contribution in [2.24, 2.45) is 0 Å². The Morgan fingerprint density at radius 2 is 2.00 bits per heavy atom. The smallest absolute Gasteiger partial charge is 0.114 e. The molecule has 2 aromatic rings. The van der Waals surface area contributed by atoms with Crippen LogP contribution in [0.1, 0.15) is 11.7 Å². The van der Waals surface area contributed by atoms with Crippen LogP contribution >= 0.6 is 11.8 Å². The summed E-state index contributed by atoms with van der Waals surface area (Å²) in [5.74, 6) is 0.544.